The van der Waals surface area contributed by atoms with Crippen LogP contribution in [0.5, 0.6) is 0 Å². The molecule has 1 amide bonds. The summed E-state index contributed by atoms with van der Waals surface area (Å²) >= 11 is 0. The van der Waals surface area contributed by atoms with Crippen molar-refractivity contribution in [3.63, 3.8) is 0 Å². The van der Waals surface area contributed by atoms with Crippen molar-refractivity contribution in [3.8, 4) is 0 Å². The van der Waals surface area contributed by atoms with Crippen molar-refractivity contribution in [2.24, 2.45) is 11.8 Å². The number of fused-ring (bicyclic) bond motifs is 1. The maximum atomic E-state index is 13.7. The molecule has 1 atom stereocenters. The molecule has 1 unspecified atom stereocenters. The summed E-state index contributed by atoms with van der Waals surface area (Å²) in [6.07, 6.45) is 3.23. The Kier molecular flexibility index (Phi) is 6.61. The van der Waals surface area contributed by atoms with Gasteiger partial charge in [-0.2, -0.15) is 5.10 Å². The van der Waals surface area contributed by atoms with E-state index < -0.39 is 15.1 Å². The first-order valence-corrected chi connectivity index (χ1v) is 13.3. The minimum Gasteiger partial charge on any atom is -0.342 e. The van der Waals surface area contributed by atoms with Gasteiger partial charge in [-0.25, -0.2) is 8.42 Å². The van der Waals surface area contributed by atoms with E-state index in [1.165, 1.54) is 5.56 Å². The molecular formula is C26H33N3O3S. The number of amides is 1. The summed E-state index contributed by atoms with van der Waals surface area (Å²) in [7, 11) is -3.57. The van der Waals surface area contributed by atoms with Crippen molar-refractivity contribution < 1.29 is 13.2 Å². The third-order valence-electron chi connectivity index (χ3n) is 6.60. The van der Waals surface area contributed by atoms with Gasteiger partial charge in [0.05, 0.1) is 21.9 Å². The first kappa shape index (κ1) is 23.5. The Morgan fingerprint density at radius 3 is 2.42 bits per heavy atom. The number of aryl methyl sites for hydroxylation is 1. The van der Waals surface area contributed by atoms with Crippen LogP contribution in [0.15, 0.2) is 53.6 Å². The Morgan fingerprint density at radius 2 is 1.82 bits per heavy atom. The summed E-state index contributed by atoms with van der Waals surface area (Å²) in [5, 5.41) is 4.74. The van der Waals surface area contributed by atoms with Gasteiger partial charge in [-0.3, -0.25) is 9.48 Å². The van der Waals surface area contributed by atoms with E-state index >= 15 is 0 Å². The van der Waals surface area contributed by atoms with Crippen LogP contribution in [0.1, 0.15) is 50.5 Å². The Bertz CT molecular complexity index is 1240. The highest BCUT2D eigenvalue weighted by molar-refractivity contribution is 7.91. The van der Waals surface area contributed by atoms with Gasteiger partial charge in [0.2, 0.25) is 5.91 Å². The molecular weight excluding hydrogens is 434 g/mol. The lowest BCUT2D eigenvalue weighted by atomic mass is 10.0. The molecule has 0 radical (unpaired) electrons. The third-order valence-corrected chi connectivity index (χ3v) is 8.72. The highest BCUT2D eigenvalue weighted by Gasteiger charge is 2.31. The SMILES string of the molecule is CCc1ccc(C(CC(C)C)S(=O)(=O)c2ccc3c(cnn3CC3CN(C(C)=O)C3)c2)cc1. The van der Waals surface area contributed by atoms with Gasteiger partial charge in [-0.15, -0.1) is 0 Å². The van der Waals surface area contributed by atoms with E-state index in [0.717, 1.165) is 42.5 Å². The molecule has 1 aliphatic heterocycles. The van der Waals surface area contributed by atoms with Gasteiger partial charge in [0, 0.05) is 37.9 Å². The molecule has 1 aromatic heterocycles. The lowest BCUT2D eigenvalue weighted by Gasteiger charge is -2.38. The molecule has 2 heterocycles. The molecule has 0 aliphatic carbocycles. The van der Waals surface area contributed by atoms with Crippen LogP contribution in [0.3, 0.4) is 0 Å². The average molecular weight is 468 g/mol. The molecule has 0 bridgehead atoms. The zero-order chi connectivity index (χ0) is 23.8. The number of carbonyl (C=O) groups excluding carboxylic acids is 1. The van der Waals surface area contributed by atoms with E-state index in [1.54, 1.807) is 25.3 Å². The first-order valence-electron chi connectivity index (χ1n) is 11.7. The van der Waals surface area contributed by atoms with Crippen LogP contribution < -0.4 is 0 Å². The van der Waals surface area contributed by atoms with Crippen molar-refractivity contribution in [1.82, 2.24) is 14.7 Å². The number of likely N-dealkylation sites (tertiary alicyclic amines) is 1. The summed E-state index contributed by atoms with van der Waals surface area (Å²) in [5.41, 5.74) is 2.96. The number of nitrogens with zero attached hydrogens (tertiary/aromatic N) is 3. The lowest BCUT2D eigenvalue weighted by Crippen LogP contribution is -2.50. The molecule has 1 saturated heterocycles. The quantitative estimate of drug-likeness (QED) is 0.484. The number of benzene rings is 2. The fourth-order valence-electron chi connectivity index (χ4n) is 4.58. The van der Waals surface area contributed by atoms with Crippen molar-refractivity contribution in [2.75, 3.05) is 13.1 Å². The summed E-state index contributed by atoms with van der Waals surface area (Å²) in [6, 6.07) is 13.3. The standard InChI is InChI=1S/C26H33N3O3S/c1-5-20-6-8-22(9-7-20)26(12-18(2)3)33(31,32)24-10-11-25-23(13-24)14-27-29(25)17-21-15-28(16-21)19(4)30/h6-11,13-14,18,21,26H,5,12,15-17H2,1-4H3. The lowest BCUT2D eigenvalue weighted by molar-refractivity contribution is -0.135. The van der Waals surface area contributed by atoms with Crippen LogP contribution >= 0.6 is 0 Å². The van der Waals surface area contributed by atoms with Crippen molar-refractivity contribution in [1.29, 1.82) is 0 Å². The van der Waals surface area contributed by atoms with Crippen molar-refractivity contribution >= 4 is 26.6 Å². The monoisotopic (exact) mass is 467 g/mol. The fourth-order valence-corrected chi connectivity index (χ4v) is 6.61. The molecule has 0 saturated carbocycles. The molecule has 1 fully saturated rings. The summed E-state index contributed by atoms with van der Waals surface area (Å²) in [4.78, 5) is 13.6. The topological polar surface area (TPSA) is 72.3 Å². The molecule has 0 spiro atoms. The summed E-state index contributed by atoms with van der Waals surface area (Å²) in [6.45, 7) is 10.0. The number of hydrogen-bond acceptors (Lipinski definition) is 4. The van der Waals surface area contributed by atoms with Crippen LogP contribution in [-0.4, -0.2) is 42.1 Å². The maximum Gasteiger partial charge on any atom is 0.219 e. The van der Waals surface area contributed by atoms with E-state index in [-0.39, 0.29) is 11.8 Å². The highest BCUT2D eigenvalue weighted by atomic mass is 32.2. The predicted molar refractivity (Wildman–Crippen MR) is 131 cm³/mol. The second kappa shape index (κ2) is 9.29. The average Bonchev–Trinajstić information content (AvgIpc) is 3.16. The van der Waals surface area contributed by atoms with E-state index in [2.05, 4.69) is 25.9 Å². The Labute approximate surface area is 196 Å². The third kappa shape index (κ3) is 4.83. The number of carbonyl (C=O) groups is 1. The Balaban J connectivity index is 1.61. The largest absolute Gasteiger partial charge is 0.342 e. The predicted octanol–water partition coefficient (Wildman–Crippen LogP) is 4.64. The number of aromatic nitrogens is 2. The minimum atomic E-state index is -3.57. The zero-order valence-electron chi connectivity index (χ0n) is 19.9. The molecule has 7 heteroatoms. The normalized spacial score (nSPS) is 15.7. The van der Waals surface area contributed by atoms with E-state index in [4.69, 9.17) is 0 Å². The second-order valence-electron chi connectivity index (χ2n) is 9.60. The number of sulfone groups is 1. The highest BCUT2D eigenvalue weighted by Crippen LogP contribution is 2.35. The van der Waals surface area contributed by atoms with Crippen LogP contribution in [0, 0.1) is 11.8 Å². The molecule has 0 N–H and O–H groups in total. The number of rotatable bonds is 8. The molecule has 4 rings (SSSR count). The van der Waals surface area contributed by atoms with E-state index in [1.807, 2.05) is 39.9 Å². The molecule has 33 heavy (non-hydrogen) atoms. The molecule has 1 aliphatic rings. The van der Waals surface area contributed by atoms with Gasteiger partial charge < -0.3 is 4.90 Å². The van der Waals surface area contributed by atoms with E-state index in [9.17, 15) is 13.2 Å². The number of hydrogen-bond donors (Lipinski definition) is 0. The summed E-state index contributed by atoms with van der Waals surface area (Å²) in [5.74, 6) is 0.729. The molecule has 176 valence electrons. The van der Waals surface area contributed by atoms with Crippen LogP contribution in [-0.2, 0) is 27.6 Å². The van der Waals surface area contributed by atoms with Crippen LogP contribution in [0.2, 0.25) is 0 Å². The molecule has 3 aromatic rings. The smallest absolute Gasteiger partial charge is 0.219 e. The van der Waals surface area contributed by atoms with Crippen molar-refractivity contribution in [3.05, 3.63) is 59.8 Å². The second-order valence-corrected chi connectivity index (χ2v) is 11.7. The van der Waals surface area contributed by atoms with Crippen molar-refractivity contribution in [2.45, 2.75) is 57.2 Å². The minimum absolute atomic E-state index is 0.103. The van der Waals surface area contributed by atoms with Gasteiger partial charge in [0.15, 0.2) is 9.84 Å². The van der Waals surface area contributed by atoms with Crippen LogP contribution in [0.25, 0.3) is 10.9 Å². The molecule has 2 aromatic carbocycles. The van der Waals surface area contributed by atoms with E-state index in [0.29, 0.717) is 17.2 Å². The van der Waals surface area contributed by atoms with Gasteiger partial charge in [-0.1, -0.05) is 45.0 Å². The Hall–Kier alpha value is -2.67. The summed E-state index contributed by atoms with van der Waals surface area (Å²) < 4.78 is 29.4. The van der Waals surface area contributed by atoms with Gasteiger partial charge >= 0.3 is 0 Å². The van der Waals surface area contributed by atoms with Gasteiger partial charge in [0.25, 0.3) is 0 Å². The van der Waals surface area contributed by atoms with Gasteiger partial charge in [0.1, 0.15) is 0 Å². The first-order chi connectivity index (χ1) is 15.7. The van der Waals surface area contributed by atoms with Gasteiger partial charge in [-0.05, 0) is 48.1 Å². The fraction of sp³-hybridized carbons (Fsp3) is 0.462. The maximum absolute atomic E-state index is 13.7. The van der Waals surface area contributed by atoms with Crippen LogP contribution in [0.4, 0.5) is 0 Å². The zero-order valence-corrected chi connectivity index (χ0v) is 20.7. The molecule has 6 nitrogen and oxygen atoms in total. The Morgan fingerprint density at radius 1 is 1.12 bits per heavy atom.